The van der Waals surface area contributed by atoms with Crippen LogP contribution in [0.5, 0.6) is 0 Å². The van der Waals surface area contributed by atoms with Crippen LogP contribution in [0.25, 0.3) is 0 Å². The fraction of sp³-hybridized carbons (Fsp3) is 0.333. The highest BCUT2D eigenvalue weighted by Crippen LogP contribution is 2.09. The van der Waals surface area contributed by atoms with Gasteiger partial charge >= 0.3 is 0 Å². The third kappa shape index (κ3) is 4.35. The summed E-state index contributed by atoms with van der Waals surface area (Å²) in [7, 11) is 1.78. The van der Waals surface area contributed by atoms with Crippen molar-refractivity contribution in [2.24, 2.45) is 4.99 Å². The van der Waals surface area contributed by atoms with E-state index in [-0.39, 0.29) is 0 Å². The Morgan fingerprint density at radius 3 is 2.60 bits per heavy atom. The molecule has 0 amide bonds. The number of aryl methyl sites for hydroxylation is 1. The molecule has 4 nitrogen and oxygen atoms in total. The van der Waals surface area contributed by atoms with Gasteiger partial charge in [0.05, 0.1) is 17.2 Å². The third-order valence-electron chi connectivity index (χ3n) is 2.87. The Balaban J connectivity index is 1.81. The first-order valence-electron chi connectivity index (χ1n) is 6.73. The number of aliphatic imine (C=N–C) groups is 1. The van der Waals surface area contributed by atoms with Crippen LogP contribution in [0.15, 0.2) is 40.7 Å². The number of thiazole rings is 1. The van der Waals surface area contributed by atoms with Crippen LogP contribution in [0.3, 0.4) is 0 Å². The number of rotatable bonds is 5. The summed E-state index contributed by atoms with van der Waals surface area (Å²) in [6, 6.07) is 10.3. The fourth-order valence-corrected chi connectivity index (χ4v) is 2.51. The van der Waals surface area contributed by atoms with Crippen LogP contribution in [-0.2, 0) is 19.5 Å². The minimum absolute atomic E-state index is 0.699. The lowest BCUT2D eigenvalue weighted by molar-refractivity contribution is 0.795. The van der Waals surface area contributed by atoms with Gasteiger partial charge in [0.1, 0.15) is 0 Å². The Hall–Kier alpha value is -1.88. The van der Waals surface area contributed by atoms with Crippen LogP contribution in [0, 0.1) is 0 Å². The van der Waals surface area contributed by atoms with Gasteiger partial charge in [-0.2, -0.15) is 0 Å². The third-order valence-corrected chi connectivity index (χ3v) is 3.91. The molecule has 2 rings (SSSR count). The summed E-state index contributed by atoms with van der Waals surface area (Å²) in [6.07, 6.45) is 0.992. The second kappa shape index (κ2) is 7.65. The molecule has 1 aromatic carbocycles. The quantitative estimate of drug-likeness (QED) is 0.657. The first kappa shape index (κ1) is 14.5. The maximum absolute atomic E-state index is 4.53. The van der Waals surface area contributed by atoms with Crippen molar-refractivity contribution in [3.63, 3.8) is 0 Å². The fourth-order valence-electron chi connectivity index (χ4n) is 1.77. The molecule has 0 aliphatic rings. The molecule has 0 bridgehead atoms. The average Bonchev–Trinajstić information content (AvgIpc) is 2.96. The minimum atomic E-state index is 0.699. The van der Waals surface area contributed by atoms with E-state index in [1.54, 1.807) is 18.4 Å². The molecular formula is C15H20N4S. The molecule has 106 valence electrons. The maximum Gasteiger partial charge on any atom is 0.191 e. The lowest BCUT2D eigenvalue weighted by atomic mass is 10.2. The topological polar surface area (TPSA) is 49.3 Å². The summed E-state index contributed by atoms with van der Waals surface area (Å²) in [5.41, 5.74) is 2.30. The number of hydrogen-bond acceptors (Lipinski definition) is 3. The second-order valence-electron chi connectivity index (χ2n) is 4.35. The highest BCUT2D eigenvalue weighted by atomic mass is 32.1. The molecule has 0 unspecified atom stereocenters. The Labute approximate surface area is 124 Å². The molecular weight excluding hydrogens is 268 g/mol. The highest BCUT2D eigenvalue weighted by molar-refractivity contribution is 7.09. The number of hydrogen-bond donors (Lipinski definition) is 2. The first-order chi connectivity index (χ1) is 9.81. The van der Waals surface area contributed by atoms with Gasteiger partial charge in [-0.05, 0) is 12.0 Å². The monoisotopic (exact) mass is 288 g/mol. The maximum atomic E-state index is 4.53. The van der Waals surface area contributed by atoms with Gasteiger partial charge in [0, 0.05) is 19.0 Å². The van der Waals surface area contributed by atoms with Gasteiger partial charge in [0.25, 0.3) is 0 Å². The molecule has 1 aromatic heterocycles. The zero-order valence-corrected chi connectivity index (χ0v) is 12.7. The summed E-state index contributed by atoms with van der Waals surface area (Å²) >= 11 is 1.71. The van der Waals surface area contributed by atoms with Gasteiger partial charge in [-0.1, -0.05) is 37.3 Å². The van der Waals surface area contributed by atoms with Crippen LogP contribution in [0.1, 0.15) is 23.2 Å². The molecule has 20 heavy (non-hydrogen) atoms. The van der Waals surface area contributed by atoms with Crippen molar-refractivity contribution < 1.29 is 0 Å². The van der Waals surface area contributed by atoms with Crippen molar-refractivity contribution in [1.82, 2.24) is 15.6 Å². The van der Waals surface area contributed by atoms with Crippen molar-refractivity contribution in [1.29, 1.82) is 0 Å². The summed E-state index contributed by atoms with van der Waals surface area (Å²) in [6.45, 7) is 3.58. The van der Waals surface area contributed by atoms with Crippen molar-refractivity contribution in [3.8, 4) is 0 Å². The van der Waals surface area contributed by atoms with Crippen LogP contribution in [0.2, 0.25) is 0 Å². The van der Waals surface area contributed by atoms with Gasteiger partial charge in [-0.25, -0.2) is 4.98 Å². The van der Waals surface area contributed by atoms with Crippen molar-refractivity contribution in [2.75, 3.05) is 7.05 Å². The first-order valence-corrected chi connectivity index (χ1v) is 7.61. The molecule has 0 aliphatic carbocycles. The standard InChI is InChI=1S/C15H20N4S/c1-3-14-19-13(11-20-14)10-18-15(16-2)17-9-12-7-5-4-6-8-12/h4-8,11H,3,9-10H2,1-2H3,(H2,16,17,18). The molecule has 1 heterocycles. The Morgan fingerprint density at radius 2 is 1.95 bits per heavy atom. The summed E-state index contributed by atoms with van der Waals surface area (Å²) in [5.74, 6) is 0.792. The van der Waals surface area contributed by atoms with E-state index in [0.29, 0.717) is 6.54 Å². The summed E-state index contributed by atoms with van der Waals surface area (Å²) in [4.78, 5) is 8.74. The van der Waals surface area contributed by atoms with Gasteiger partial charge in [-0.15, -0.1) is 11.3 Å². The van der Waals surface area contributed by atoms with E-state index in [1.807, 2.05) is 18.2 Å². The average molecular weight is 288 g/mol. The second-order valence-corrected chi connectivity index (χ2v) is 5.29. The number of nitrogens with one attached hydrogen (secondary N) is 2. The summed E-state index contributed by atoms with van der Waals surface area (Å²) < 4.78 is 0. The van der Waals surface area contributed by atoms with E-state index in [0.717, 1.165) is 24.6 Å². The van der Waals surface area contributed by atoms with E-state index < -0.39 is 0 Å². The van der Waals surface area contributed by atoms with E-state index in [1.165, 1.54) is 10.6 Å². The molecule has 0 aliphatic heterocycles. The molecule has 0 fully saturated rings. The molecule has 0 atom stereocenters. The molecule has 5 heteroatoms. The summed E-state index contributed by atoms with van der Waals surface area (Å²) in [5, 5.41) is 9.84. The lowest BCUT2D eigenvalue weighted by Gasteiger charge is -2.10. The van der Waals surface area contributed by atoms with E-state index in [2.05, 4.69) is 45.0 Å². The zero-order chi connectivity index (χ0) is 14.2. The molecule has 0 saturated heterocycles. The van der Waals surface area contributed by atoms with Gasteiger partial charge < -0.3 is 10.6 Å². The number of nitrogens with zero attached hydrogens (tertiary/aromatic N) is 2. The molecule has 2 aromatic rings. The Kier molecular flexibility index (Phi) is 5.55. The minimum Gasteiger partial charge on any atom is -0.352 e. The zero-order valence-electron chi connectivity index (χ0n) is 11.9. The van der Waals surface area contributed by atoms with Gasteiger partial charge in [-0.3, -0.25) is 4.99 Å². The number of benzene rings is 1. The molecule has 2 N–H and O–H groups in total. The largest absolute Gasteiger partial charge is 0.352 e. The molecule has 0 saturated carbocycles. The Morgan fingerprint density at radius 1 is 1.20 bits per heavy atom. The highest BCUT2D eigenvalue weighted by Gasteiger charge is 2.02. The van der Waals surface area contributed by atoms with Crippen molar-refractivity contribution in [3.05, 3.63) is 52.0 Å². The van der Waals surface area contributed by atoms with E-state index in [9.17, 15) is 0 Å². The van der Waals surface area contributed by atoms with Crippen molar-refractivity contribution in [2.45, 2.75) is 26.4 Å². The smallest absolute Gasteiger partial charge is 0.191 e. The number of aromatic nitrogens is 1. The molecule has 0 spiro atoms. The van der Waals surface area contributed by atoms with E-state index in [4.69, 9.17) is 0 Å². The van der Waals surface area contributed by atoms with Crippen LogP contribution < -0.4 is 10.6 Å². The predicted octanol–water partition coefficient (Wildman–Crippen LogP) is 2.57. The Bertz CT molecular complexity index is 548. The van der Waals surface area contributed by atoms with Crippen LogP contribution >= 0.6 is 11.3 Å². The molecule has 0 radical (unpaired) electrons. The SMILES string of the molecule is CCc1nc(CNC(=NC)NCc2ccccc2)cs1. The normalized spacial score (nSPS) is 11.4. The van der Waals surface area contributed by atoms with Gasteiger partial charge in [0.15, 0.2) is 5.96 Å². The number of guanidine groups is 1. The van der Waals surface area contributed by atoms with Crippen LogP contribution in [0.4, 0.5) is 0 Å². The van der Waals surface area contributed by atoms with E-state index >= 15 is 0 Å². The van der Waals surface area contributed by atoms with Crippen LogP contribution in [-0.4, -0.2) is 18.0 Å². The van der Waals surface area contributed by atoms with Gasteiger partial charge in [0.2, 0.25) is 0 Å². The lowest BCUT2D eigenvalue weighted by Crippen LogP contribution is -2.36. The predicted molar refractivity (Wildman–Crippen MR) is 85.0 cm³/mol. The van der Waals surface area contributed by atoms with Crippen molar-refractivity contribution >= 4 is 17.3 Å².